The molecule has 2 aromatic rings. The van der Waals surface area contributed by atoms with Crippen LogP contribution in [0, 0.1) is 0 Å². The van der Waals surface area contributed by atoms with Gasteiger partial charge in [0.15, 0.2) is 0 Å². The van der Waals surface area contributed by atoms with E-state index in [1.807, 2.05) is 37.4 Å². The number of pyridine rings is 1. The zero-order valence-electron chi connectivity index (χ0n) is 10.4. The molecule has 1 N–H and O–H groups in total. The molecule has 0 aliphatic heterocycles. The van der Waals surface area contributed by atoms with E-state index in [0.717, 1.165) is 21.9 Å². The lowest BCUT2D eigenvalue weighted by Gasteiger charge is -2.19. The standard InChI is InChI=1S/C14H15ClN2O/c1-16-14(10-3-5-11(15)6-4-10)12-7-8-17-9-13(12)18-2/h3-9,14,16H,1-2H3. The molecule has 0 aliphatic rings. The molecule has 3 nitrogen and oxygen atoms in total. The molecule has 1 unspecified atom stereocenters. The number of ether oxygens (including phenoxy) is 1. The minimum atomic E-state index is 0.0558. The lowest BCUT2D eigenvalue weighted by molar-refractivity contribution is 0.403. The molecule has 1 atom stereocenters. The summed E-state index contributed by atoms with van der Waals surface area (Å²) in [6.07, 6.45) is 3.48. The van der Waals surface area contributed by atoms with Crippen molar-refractivity contribution in [2.75, 3.05) is 14.2 Å². The number of hydrogen-bond acceptors (Lipinski definition) is 3. The number of nitrogens with zero attached hydrogens (tertiary/aromatic N) is 1. The molecule has 0 aliphatic carbocycles. The van der Waals surface area contributed by atoms with E-state index >= 15 is 0 Å². The molecule has 2 rings (SSSR count). The van der Waals surface area contributed by atoms with Crippen LogP contribution in [0.2, 0.25) is 5.02 Å². The topological polar surface area (TPSA) is 34.2 Å². The Labute approximate surface area is 112 Å². The Kier molecular flexibility index (Phi) is 4.18. The zero-order valence-corrected chi connectivity index (χ0v) is 11.1. The van der Waals surface area contributed by atoms with Gasteiger partial charge in [-0.1, -0.05) is 23.7 Å². The third-order valence-corrected chi connectivity index (χ3v) is 3.09. The predicted octanol–water partition coefficient (Wildman–Crippen LogP) is 3.05. The molecule has 1 aromatic heterocycles. The fourth-order valence-corrected chi connectivity index (χ4v) is 2.08. The van der Waals surface area contributed by atoms with Gasteiger partial charge in [0.05, 0.1) is 19.3 Å². The molecule has 0 radical (unpaired) electrons. The summed E-state index contributed by atoms with van der Waals surface area (Å²) in [7, 11) is 3.56. The number of rotatable bonds is 4. The first-order valence-electron chi connectivity index (χ1n) is 5.67. The summed E-state index contributed by atoms with van der Waals surface area (Å²) in [6, 6.07) is 9.78. The van der Waals surface area contributed by atoms with E-state index in [-0.39, 0.29) is 6.04 Å². The molecule has 0 fully saturated rings. The van der Waals surface area contributed by atoms with Crippen molar-refractivity contribution in [3.05, 3.63) is 58.9 Å². The molecule has 0 spiro atoms. The lowest BCUT2D eigenvalue weighted by Crippen LogP contribution is -2.18. The molecule has 0 saturated heterocycles. The van der Waals surface area contributed by atoms with E-state index in [1.165, 1.54) is 0 Å². The van der Waals surface area contributed by atoms with Crippen LogP contribution in [0.25, 0.3) is 0 Å². The molecule has 1 heterocycles. The Bertz CT molecular complexity index is 513. The third kappa shape index (κ3) is 2.63. The average molecular weight is 263 g/mol. The lowest BCUT2D eigenvalue weighted by atomic mass is 9.99. The highest BCUT2D eigenvalue weighted by Crippen LogP contribution is 2.29. The van der Waals surface area contributed by atoms with Crippen molar-refractivity contribution >= 4 is 11.6 Å². The minimum absolute atomic E-state index is 0.0558. The van der Waals surface area contributed by atoms with E-state index in [9.17, 15) is 0 Å². The second-order valence-corrected chi connectivity index (χ2v) is 4.33. The number of hydrogen-bond donors (Lipinski definition) is 1. The molecule has 1 aromatic carbocycles. The molecule has 94 valence electrons. The van der Waals surface area contributed by atoms with Crippen LogP contribution in [0.15, 0.2) is 42.7 Å². The summed E-state index contributed by atoms with van der Waals surface area (Å²) in [5, 5.41) is 4.01. The van der Waals surface area contributed by atoms with Crippen LogP contribution < -0.4 is 10.1 Å². The zero-order chi connectivity index (χ0) is 13.0. The summed E-state index contributed by atoms with van der Waals surface area (Å²) in [6.45, 7) is 0. The van der Waals surface area contributed by atoms with Crippen molar-refractivity contribution in [2.45, 2.75) is 6.04 Å². The number of benzene rings is 1. The SMILES string of the molecule is CNC(c1ccc(Cl)cc1)c1ccncc1OC. The first-order valence-corrected chi connectivity index (χ1v) is 6.04. The first-order chi connectivity index (χ1) is 8.76. The summed E-state index contributed by atoms with van der Waals surface area (Å²) >= 11 is 5.91. The predicted molar refractivity (Wildman–Crippen MR) is 73.1 cm³/mol. The molecular weight excluding hydrogens is 248 g/mol. The third-order valence-electron chi connectivity index (χ3n) is 2.84. The number of nitrogens with one attached hydrogen (secondary N) is 1. The van der Waals surface area contributed by atoms with Gasteiger partial charge < -0.3 is 10.1 Å². The second-order valence-electron chi connectivity index (χ2n) is 3.89. The average Bonchev–Trinajstić information content (AvgIpc) is 2.42. The van der Waals surface area contributed by atoms with Gasteiger partial charge in [-0.3, -0.25) is 4.98 Å². The van der Waals surface area contributed by atoms with Crippen LogP contribution in [0.4, 0.5) is 0 Å². The molecule has 0 saturated carbocycles. The Hall–Kier alpha value is -1.58. The Morgan fingerprint density at radius 2 is 1.94 bits per heavy atom. The van der Waals surface area contributed by atoms with Crippen molar-refractivity contribution in [3.63, 3.8) is 0 Å². The van der Waals surface area contributed by atoms with Crippen LogP contribution in [0.3, 0.4) is 0 Å². The molecular formula is C14H15ClN2O. The maximum atomic E-state index is 5.91. The van der Waals surface area contributed by atoms with Crippen molar-refractivity contribution in [3.8, 4) is 5.75 Å². The summed E-state index contributed by atoms with van der Waals surface area (Å²) in [5.74, 6) is 0.770. The van der Waals surface area contributed by atoms with Crippen LogP contribution in [0.5, 0.6) is 5.75 Å². The van der Waals surface area contributed by atoms with Gasteiger partial charge in [-0.2, -0.15) is 0 Å². The van der Waals surface area contributed by atoms with Crippen molar-refractivity contribution < 1.29 is 4.74 Å². The Morgan fingerprint density at radius 1 is 1.22 bits per heavy atom. The highest BCUT2D eigenvalue weighted by Gasteiger charge is 2.16. The maximum absolute atomic E-state index is 5.91. The van der Waals surface area contributed by atoms with E-state index in [0.29, 0.717) is 0 Å². The summed E-state index contributed by atoms with van der Waals surface area (Å²) in [5.41, 5.74) is 2.18. The maximum Gasteiger partial charge on any atom is 0.142 e. The van der Waals surface area contributed by atoms with E-state index < -0.39 is 0 Å². The van der Waals surface area contributed by atoms with Gasteiger partial charge in [-0.25, -0.2) is 0 Å². The van der Waals surface area contributed by atoms with Crippen LogP contribution in [-0.4, -0.2) is 19.1 Å². The van der Waals surface area contributed by atoms with Crippen molar-refractivity contribution in [1.29, 1.82) is 0 Å². The normalized spacial score (nSPS) is 12.2. The number of halogens is 1. The fraction of sp³-hybridized carbons (Fsp3) is 0.214. The van der Waals surface area contributed by atoms with Gasteiger partial charge in [-0.05, 0) is 30.8 Å². The smallest absolute Gasteiger partial charge is 0.142 e. The molecule has 0 bridgehead atoms. The van der Waals surface area contributed by atoms with Crippen molar-refractivity contribution in [2.24, 2.45) is 0 Å². The van der Waals surface area contributed by atoms with Crippen LogP contribution in [0.1, 0.15) is 17.2 Å². The number of aromatic nitrogens is 1. The van der Waals surface area contributed by atoms with Gasteiger partial charge in [0.25, 0.3) is 0 Å². The Morgan fingerprint density at radius 3 is 2.56 bits per heavy atom. The second kappa shape index (κ2) is 5.85. The number of methoxy groups -OCH3 is 1. The van der Waals surface area contributed by atoms with Gasteiger partial charge in [-0.15, -0.1) is 0 Å². The largest absolute Gasteiger partial charge is 0.495 e. The highest BCUT2D eigenvalue weighted by atomic mass is 35.5. The molecule has 18 heavy (non-hydrogen) atoms. The van der Waals surface area contributed by atoms with Gasteiger partial charge in [0.2, 0.25) is 0 Å². The first kappa shape index (κ1) is 12.9. The van der Waals surface area contributed by atoms with Gasteiger partial charge >= 0.3 is 0 Å². The Balaban J connectivity index is 2.41. The van der Waals surface area contributed by atoms with E-state index in [4.69, 9.17) is 16.3 Å². The minimum Gasteiger partial charge on any atom is -0.495 e. The highest BCUT2D eigenvalue weighted by molar-refractivity contribution is 6.30. The quantitative estimate of drug-likeness (QED) is 0.920. The van der Waals surface area contributed by atoms with Crippen LogP contribution in [-0.2, 0) is 0 Å². The van der Waals surface area contributed by atoms with E-state index in [1.54, 1.807) is 19.5 Å². The fourth-order valence-electron chi connectivity index (χ4n) is 1.96. The van der Waals surface area contributed by atoms with Crippen molar-refractivity contribution in [1.82, 2.24) is 10.3 Å². The molecule has 0 amide bonds. The monoisotopic (exact) mass is 262 g/mol. The van der Waals surface area contributed by atoms with Crippen LogP contribution >= 0.6 is 11.6 Å². The molecule has 4 heteroatoms. The summed E-state index contributed by atoms with van der Waals surface area (Å²) in [4.78, 5) is 4.07. The van der Waals surface area contributed by atoms with E-state index in [2.05, 4.69) is 10.3 Å². The van der Waals surface area contributed by atoms with Gasteiger partial charge in [0, 0.05) is 16.8 Å². The van der Waals surface area contributed by atoms with Gasteiger partial charge in [0.1, 0.15) is 5.75 Å². The summed E-state index contributed by atoms with van der Waals surface area (Å²) < 4.78 is 5.34.